The molecule has 4 heteroatoms. The molecule has 0 aromatic heterocycles. The van der Waals surface area contributed by atoms with Crippen molar-refractivity contribution in [3.05, 3.63) is 96.1 Å². The summed E-state index contributed by atoms with van der Waals surface area (Å²) in [5, 5.41) is 3.09. The Labute approximate surface area is 202 Å². The normalized spacial score (nSPS) is 19.8. The van der Waals surface area contributed by atoms with Crippen molar-refractivity contribution >= 4 is 11.6 Å². The molecule has 2 aliphatic rings. The number of rotatable bonds is 9. The van der Waals surface area contributed by atoms with Crippen molar-refractivity contribution in [1.29, 1.82) is 0 Å². The Balaban J connectivity index is 1.13. The number of hydrogen-bond donors (Lipinski definition) is 1. The summed E-state index contributed by atoms with van der Waals surface area (Å²) in [5.41, 5.74) is 2.73. The Kier molecular flexibility index (Phi) is 7.25. The van der Waals surface area contributed by atoms with Gasteiger partial charge >= 0.3 is 0 Å². The van der Waals surface area contributed by atoms with Crippen molar-refractivity contribution in [1.82, 2.24) is 4.90 Å². The lowest BCUT2D eigenvalue weighted by Crippen LogP contribution is -2.24. The van der Waals surface area contributed by atoms with Crippen molar-refractivity contribution in [2.24, 2.45) is 11.8 Å². The summed E-state index contributed by atoms with van der Waals surface area (Å²) in [4.78, 5) is 15.9. The summed E-state index contributed by atoms with van der Waals surface area (Å²) in [6.07, 6.45) is 5.34. The second-order valence-corrected chi connectivity index (χ2v) is 9.68. The third-order valence-corrected chi connectivity index (χ3v) is 7.34. The average Bonchev–Trinajstić information content (AvgIpc) is 3.47. The molecule has 1 N–H and O–H groups in total. The molecule has 0 radical (unpaired) electrons. The Hall–Kier alpha value is -3.11. The molecule has 2 atom stereocenters. The average molecular weight is 455 g/mol. The highest BCUT2D eigenvalue weighted by atomic mass is 16.5. The second-order valence-electron chi connectivity index (χ2n) is 9.68. The first-order valence-corrected chi connectivity index (χ1v) is 12.6. The number of benzene rings is 3. The van der Waals surface area contributed by atoms with E-state index in [4.69, 9.17) is 4.74 Å². The number of likely N-dealkylation sites (tertiary alicyclic amines) is 1. The van der Waals surface area contributed by atoms with Gasteiger partial charge in [0.1, 0.15) is 5.75 Å². The van der Waals surface area contributed by atoms with Gasteiger partial charge < -0.3 is 15.0 Å². The third kappa shape index (κ3) is 5.51. The summed E-state index contributed by atoms with van der Waals surface area (Å²) < 4.78 is 5.97. The second kappa shape index (κ2) is 10.9. The molecule has 1 saturated carbocycles. The van der Waals surface area contributed by atoms with Crippen LogP contribution in [0.3, 0.4) is 0 Å². The van der Waals surface area contributed by atoms with Crippen LogP contribution in [0.25, 0.3) is 0 Å². The molecule has 2 fully saturated rings. The van der Waals surface area contributed by atoms with Gasteiger partial charge in [-0.3, -0.25) is 4.79 Å². The number of anilines is 1. The number of amides is 1. The highest BCUT2D eigenvalue weighted by Gasteiger charge is 2.35. The number of nitrogens with one attached hydrogen (secondary N) is 1. The first kappa shape index (κ1) is 22.7. The Bertz CT molecular complexity index is 1000. The van der Waals surface area contributed by atoms with Crippen LogP contribution in [0.4, 0.5) is 5.69 Å². The fourth-order valence-corrected chi connectivity index (χ4v) is 5.63. The van der Waals surface area contributed by atoms with Gasteiger partial charge in [-0.05, 0) is 66.5 Å². The van der Waals surface area contributed by atoms with E-state index in [1.165, 1.54) is 32.4 Å². The van der Waals surface area contributed by atoms with Gasteiger partial charge in [0.15, 0.2) is 0 Å². The molecule has 1 saturated heterocycles. The van der Waals surface area contributed by atoms with Crippen molar-refractivity contribution < 1.29 is 9.53 Å². The number of ether oxygens (including phenoxy) is 1. The zero-order valence-electron chi connectivity index (χ0n) is 19.7. The van der Waals surface area contributed by atoms with E-state index in [9.17, 15) is 4.79 Å². The molecular weight excluding hydrogens is 420 g/mol. The summed E-state index contributed by atoms with van der Waals surface area (Å²) >= 11 is 0. The number of carbonyl (C=O) groups is 1. The van der Waals surface area contributed by atoms with E-state index in [0.29, 0.717) is 0 Å². The highest BCUT2D eigenvalue weighted by molar-refractivity contribution is 5.98. The first-order valence-electron chi connectivity index (χ1n) is 12.6. The highest BCUT2D eigenvalue weighted by Crippen LogP contribution is 2.37. The standard InChI is InChI=1S/C30H34N2O2/c33-30(29(23-9-3-1-4-10-23)24-11-5-2-6-12-24)31-27-15-17-28(18-16-27)34-20-8-19-32-21-25-13-7-14-26(25)22-32/h1-6,9-12,15-18,25-26,29H,7-8,13-14,19-22H2,(H,31,33). The van der Waals surface area contributed by atoms with Crippen LogP contribution in [0.5, 0.6) is 5.75 Å². The van der Waals surface area contributed by atoms with E-state index in [0.717, 1.165) is 54.0 Å². The van der Waals surface area contributed by atoms with Crippen molar-refractivity contribution in [3.63, 3.8) is 0 Å². The fourth-order valence-electron chi connectivity index (χ4n) is 5.63. The lowest BCUT2D eigenvalue weighted by Gasteiger charge is -2.18. The molecule has 4 nitrogen and oxygen atoms in total. The monoisotopic (exact) mass is 454 g/mol. The molecule has 1 amide bonds. The number of hydrogen-bond acceptors (Lipinski definition) is 3. The van der Waals surface area contributed by atoms with Crippen LogP contribution in [-0.4, -0.2) is 37.0 Å². The van der Waals surface area contributed by atoms with Crippen LogP contribution in [0.2, 0.25) is 0 Å². The van der Waals surface area contributed by atoms with Gasteiger partial charge in [-0.15, -0.1) is 0 Å². The van der Waals surface area contributed by atoms with Crippen molar-refractivity contribution in [2.45, 2.75) is 31.6 Å². The van der Waals surface area contributed by atoms with E-state index in [1.54, 1.807) is 0 Å². The molecule has 1 aliphatic heterocycles. The van der Waals surface area contributed by atoms with E-state index in [2.05, 4.69) is 10.2 Å². The first-order chi connectivity index (χ1) is 16.8. The minimum atomic E-state index is -0.358. The number of fused-ring (bicyclic) bond motifs is 1. The van der Waals surface area contributed by atoms with Gasteiger partial charge in [-0.2, -0.15) is 0 Å². The molecular formula is C30H34N2O2. The lowest BCUT2D eigenvalue weighted by molar-refractivity contribution is -0.116. The topological polar surface area (TPSA) is 41.6 Å². The summed E-state index contributed by atoms with van der Waals surface area (Å²) in [5.74, 6) is 2.35. The Morgan fingerprint density at radius 3 is 2.03 bits per heavy atom. The van der Waals surface area contributed by atoms with Gasteiger partial charge in [0, 0.05) is 25.3 Å². The maximum absolute atomic E-state index is 13.3. The van der Waals surface area contributed by atoms with Crippen molar-refractivity contribution in [2.75, 3.05) is 31.6 Å². The van der Waals surface area contributed by atoms with Gasteiger partial charge in [-0.1, -0.05) is 67.1 Å². The van der Waals surface area contributed by atoms with Crippen LogP contribution in [-0.2, 0) is 4.79 Å². The number of carbonyl (C=O) groups excluding carboxylic acids is 1. The van der Waals surface area contributed by atoms with Gasteiger partial charge in [0.2, 0.25) is 5.91 Å². The molecule has 2 unspecified atom stereocenters. The zero-order valence-corrected chi connectivity index (χ0v) is 19.7. The summed E-state index contributed by atoms with van der Waals surface area (Å²) in [6, 6.07) is 27.6. The maximum atomic E-state index is 13.3. The minimum Gasteiger partial charge on any atom is -0.494 e. The Morgan fingerprint density at radius 2 is 1.44 bits per heavy atom. The van der Waals surface area contributed by atoms with Crippen LogP contribution in [0.1, 0.15) is 42.7 Å². The van der Waals surface area contributed by atoms with Crippen molar-refractivity contribution in [3.8, 4) is 5.75 Å². The predicted molar refractivity (Wildman–Crippen MR) is 137 cm³/mol. The molecule has 0 bridgehead atoms. The smallest absolute Gasteiger partial charge is 0.236 e. The Morgan fingerprint density at radius 1 is 0.853 bits per heavy atom. The van der Waals surface area contributed by atoms with E-state index in [-0.39, 0.29) is 11.8 Å². The van der Waals surface area contributed by atoms with Gasteiger partial charge in [0.25, 0.3) is 0 Å². The van der Waals surface area contributed by atoms with Crippen LogP contribution in [0, 0.1) is 11.8 Å². The van der Waals surface area contributed by atoms with Gasteiger partial charge in [-0.25, -0.2) is 0 Å². The molecule has 3 aromatic rings. The summed E-state index contributed by atoms with van der Waals surface area (Å²) in [7, 11) is 0. The van der Waals surface area contributed by atoms with Crippen LogP contribution >= 0.6 is 0 Å². The maximum Gasteiger partial charge on any atom is 0.236 e. The van der Waals surface area contributed by atoms with E-state index >= 15 is 0 Å². The van der Waals surface area contributed by atoms with E-state index < -0.39 is 0 Å². The molecule has 1 heterocycles. The van der Waals surface area contributed by atoms with Crippen LogP contribution < -0.4 is 10.1 Å². The molecule has 1 aliphatic carbocycles. The van der Waals surface area contributed by atoms with E-state index in [1.807, 2.05) is 84.9 Å². The summed E-state index contributed by atoms with van der Waals surface area (Å²) in [6.45, 7) is 4.42. The quantitative estimate of drug-likeness (QED) is 0.406. The fraction of sp³-hybridized carbons (Fsp3) is 0.367. The van der Waals surface area contributed by atoms with Crippen LogP contribution in [0.15, 0.2) is 84.9 Å². The predicted octanol–water partition coefficient (Wildman–Crippen LogP) is 5.96. The third-order valence-electron chi connectivity index (χ3n) is 7.34. The molecule has 176 valence electrons. The lowest BCUT2D eigenvalue weighted by atomic mass is 9.90. The minimum absolute atomic E-state index is 0.0403. The molecule has 5 rings (SSSR count). The molecule has 3 aromatic carbocycles. The number of nitrogens with zero attached hydrogens (tertiary/aromatic N) is 1. The largest absolute Gasteiger partial charge is 0.494 e. The molecule has 34 heavy (non-hydrogen) atoms. The SMILES string of the molecule is O=C(Nc1ccc(OCCCN2CC3CCCC3C2)cc1)C(c1ccccc1)c1ccccc1. The van der Waals surface area contributed by atoms with Gasteiger partial charge in [0.05, 0.1) is 12.5 Å². The zero-order chi connectivity index (χ0) is 23.2. The molecule has 0 spiro atoms.